The van der Waals surface area contributed by atoms with E-state index in [2.05, 4.69) is 4.74 Å². The third kappa shape index (κ3) is 2.23. The molecule has 0 amide bonds. The lowest BCUT2D eigenvalue weighted by Crippen LogP contribution is -2.29. The van der Waals surface area contributed by atoms with Gasteiger partial charge in [0, 0.05) is 25.5 Å². The number of carbonyl (C=O) groups is 1. The van der Waals surface area contributed by atoms with E-state index in [1.807, 2.05) is 0 Å². The number of fused-ring (bicyclic) bond motifs is 1. The molecule has 0 radical (unpaired) electrons. The number of carbonyl (C=O) groups excluding carboxylic acids is 1. The number of esters is 1. The molecule has 0 aliphatic carbocycles. The van der Waals surface area contributed by atoms with Crippen molar-refractivity contribution < 1.29 is 24.1 Å². The zero-order valence-corrected chi connectivity index (χ0v) is 10.9. The first-order valence-electron chi connectivity index (χ1n) is 5.31. The molecule has 0 fully saturated rings. The minimum atomic E-state index is -1.44. The maximum Gasteiger partial charge on any atom is 0.339 e. The average Bonchev–Trinajstić information content (AvgIpc) is 2.59. The van der Waals surface area contributed by atoms with Crippen molar-refractivity contribution in [1.82, 2.24) is 0 Å². The monoisotopic (exact) mass is 272 g/mol. The number of rotatable bonds is 2. The molecule has 1 aromatic carbocycles. The molecule has 1 heterocycles. The molecular formula is C12H13ClO5. The van der Waals surface area contributed by atoms with Crippen LogP contribution in [-0.4, -0.2) is 24.0 Å². The number of aliphatic hydroxyl groups excluding tert-OH is 1. The van der Waals surface area contributed by atoms with Gasteiger partial charge < -0.3 is 19.3 Å². The molecule has 0 bridgehead atoms. The van der Waals surface area contributed by atoms with Gasteiger partial charge >= 0.3 is 5.97 Å². The van der Waals surface area contributed by atoms with Crippen LogP contribution in [0.15, 0.2) is 12.1 Å². The van der Waals surface area contributed by atoms with Crippen molar-refractivity contribution in [2.75, 3.05) is 7.11 Å². The molecule has 98 valence electrons. The molecule has 0 spiro atoms. The Bertz CT molecular complexity index is 497. The molecule has 5 nitrogen and oxygen atoms in total. The van der Waals surface area contributed by atoms with Crippen LogP contribution in [0.1, 0.15) is 25.5 Å². The third-order valence-corrected chi connectivity index (χ3v) is 2.82. The van der Waals surface area contributed by atoms with E-state index in [0.717, 1.165) is 0 Å². The summed E-state index contributed by atoms with van der Waals surface area (Å²) in [5, 5.41) is 9.99. The lowest BCUT2D eigenvalue weighted by molar-refractivity contribution is -0.150. The number of hydrogen-bond donors (Lipinski definition) is 1. The number of hydrogen-bond acceptors (Lipinski definition) is 5. The summed E-state index contributed by atoms with van der Waals surface area (Å²) in [5.74, 6) is -0.663. The van der Waals surface area contributed by atoms with E-state index in [0.29, 0.717) is 11.5 Å². The van der Waals surface area contributed by atoms with E-state index in [-0.39, 0.29) is 10.6 Å². The fourth-order valence-corrected chi connectivity index (χ4v) is 1.97. The molecule has 18 heavy (non-hydrogen) atoms. The van der Waals surface area contributed by atoms with Gasteiger partial charge in [-0.25, -0.2) is 4.79 Å². The van der Waals surface area contributed by atoms with Crippen molar-refractivity contribution in [2.45, 2.75) is 25.7 Å². The van der Waals surface area contributed by atoms with Crippen LogP contribution in [0.4, 0.5) is 0 Å². The summed E-state index contributed by atoms with van der Waals surface area (Å²) in [6, 6.07) is 2.99. The SMILES string of the molecule is COC(=O)C(O)c1cc2c(cc1Cl)OC(C)(C)O2. The van der Waals surface area contributed by atoms with Gasteiger partial charge in [-0.3, -0.25) is 0 Å². The smallest absolute Gasteiger partial charge is 0.339 e. The summed E-state index contributed by atoms with van der Waals surface area (Å²) in [7, 11) is 1.19. The molecule has 6 heteroatoms. The van der Waals surface area contributed by atoms with Crippen molar-refractivity contribution in [3.8, 4) is 11.5 Å². The van der Waals surface area contributed by atoms with Crippen molar-refractivity contribution in [3.05, 3.63) is 22.7 Å². The van der Waals surface area contributed by atoms with Gasteiger partial charge in [0.2, 0.25) is 5.79 Å². The van der Waals surface area contributed by atoms with Gasteiger partial charge in [-0.15, -0.1) is 0 Å². The molecule has 1 atom stereocenters. The highest BCUT2D eigenvalue weighted by molar-refractivity contribution is 6.31. The summed E-state index contributed by atoms with van der Waals surface area (Å²) < 4.78 is 15.5. The van der Waals surface area contributed by atoms with Crippen LogP contribution < -0.4 is 9.47 Å². The molecule has 1 unspecified atom stereocenters. The normalized spacial score (nSPS) is 17.4. The highest BCUT2D eigenvalue weighted by Crippen LogP contribution is 2.43. The Kier molecular flexibility index (Phi) is 3.12. The first kappa shape index (κ1) is 13.0. The second kappa shape index (κ2) is 4.33. The van der Waals surface area contributed by atoms with Gasteiger partial charge in [0.25, 0.3) is 0 Å². The minimum Gasteiger partial charge on any atom is -0.467 e. The predicted octanol–water partition coefficient (Wildman–Crippen LogP) is 2.05. The van der Waals surface area contributed by atoms with Gasteiger partial charge in [-0.2, -0.15) is 0 Å². The topological polar surface area (TPSA) is 65.0 Å². The van der Waals surface area contributed by atoms with Crippen molar-refractivity contribution >= 4 is 17.6 Å². The Labute approximate surface area is 109 Å². The molecule has 2 rings (SSSR count). The van der Waals surface area contributed by atoms with Crippen LogP contribution >= 0.6 is 11.6 Å². The molecule has 1 aliphatic rings. The van der Waals surface area contributed by atoms with Crippen LogP contribution in [0.5, 0.6) is 11.5 Å². The first-order valence-corrected chi connectivity index (χ1v) is 5.69. The van der Waals surface area contributed by atoms with Gasteiger partial charge in [0.15, 0.2) is 17.6 Å². The fourth-order valence-electron chi connectivity index (χ4n) is 1.71. The predicted molar refractivity (Wildman–Crippen MR) is 63.8 cm³/mol. The molecule has 0 saturated heterocycles. The van der Waals surface area contributed by atoms with E-state index in [1.54, 1.807) is 13.8 Å². The summed E-state index contributed by atoms with van der Waals surface area (Å²) in [4.78, 5) is 11.3. The standard InChI is InChI=1S/C12H13ClO5/c1-12(2)17-8-4-6(10(14)11(15)16-3)7(13)5-9(8)18-12/h4-5,10,14H,1-3H3. The van der Waals surface area contributed by atoms with E-state index in [4.69, 9.17) is 21.1 Å². The Morgan fingerprint density at radius 1 is 1.39 bits per heavy atom. The quantitative estimate of drug-likeness (QED) is 0.835. The maximum absolute atomic E-state index is 11.3. The molecule has 0 saturated carbocycles. The van der Waals surface area contributed by atoms with Crippen LogP contribution in [0.3, 0.4) is 0 Å². The summed E-state index contributed by atoms with van der Waals surface area (Å²) in [6.07, 6.45) is -1.44. The lowest BCUT2D eigenvalue weighted by Gasteiger charge is -2.16. The van der Waals surface area contributed by atoms with Crippen molar-refractivity contribution in [2.24, 2.45) is 0 Å². The Hall–Kier alpha value is -1.46. The highest BCUT2D eigenvalue weighted by Gasteiger charge is 2.34. The van der Waals surface area contributed by atoms with E-state index < -0.39 is 17.9 Å². The minimum absolute atomic E-state index is 0.216. The van der Waals surface area contributed by atoms with Crippen molar-refractivity contribution in [3.63, 3.8) is 0 Å². The summed E-state index contributed by atoms with van der Waals surface area (Å²) >= 11 is 5.99. The van der Waals surface area contributed by atoms with Crippen LogP contribution in [0.2, 0.25) is 5.02 Å². The van der Waals surface area contributed by atoms with Crippen LogP contribution in [-0.2, 0) is 9.53 Å². The van der Waals surface area contributed by atoms with E-state index >= 15 is 0 Å². The zero-order valence-electron chi connectivity index (χ0n) is 10.2. The van der Waals surface area contributed by atoms with Gasteiger partial charge in [0.05, 0.1) is 12.1 Å². The maximum atomic E-state index is 11.3. The summed E-state index contributed by atoms with van der Waals surface area (Å²) in [6.45, 7) is 3.49. The largest absolute Gasteiger partial charge is 0.467 e. The number of ether oxygens (including phenoxy) is 3. The van der Waals surface area contributed by atoms with Crippen LogP contribution in [0.25, 0.3) is 0 Å². The second-order valence-electron chi connectivity index (χ2n) is 4.35. The zero-order chi connectivity index (χ0) is 13.5. The van der Waals surface area contributed by atoms with E-state index in [9.17, 15) is 9.90 Å². The summed E-state index contributed by atoms with van der Waals surface area (Å²) in [5.41, 5.74) is 0.226. The average molecular weight is 273 g/mol. The number of methoxy groups -OCH3 is 1. The molecule has 1 aromatic rings. The van der Waals surface area contributed by atoms with Crippen LogP contribution in [0, 0.1) is 0 Å². The van der Waals surface area contributed by atoms with E-state index in [1.165, 1.54) is 19.2 Å². The molecule has 1 N–H and O–H groups in total. The Morgan fingerprint density at radius 2 is 1.94 bits per heavy atom. The Morgan fingerprint density at radius 3 is 2.50 bits per heavy atom. The molecular weight excluding hydrogens is 260 g/mol. The number of halogens is 1. The van der Waals surface area contributed by atoms with Gasteiger partial charge in [-0.1, -0.05) is 11.6 Å². The second-order valence-corrected chi connectivity index (χ2v) is 4.76. The van der Waals surface area contributed by atoms with Crippen molar-refractivity contribution in [1.29, 1.82) is 0 Å². The van der Waals surface area contributed by atoms with Gasteiger partial charge in [-0.05, 0) is 6.07 Å². The molecule has 1 aliphatic heterocycles. The lowest BCUT2D eigenvalue weighted by atomic mass is 10.1. The molecule has 0 aromatic heterocycles. The Balaban J connectivity index is 2.39. The number of aliphatic hydroxyl groups is 1. The van der Waals surface area contributed by atoms with Gasteiger partial charge in [0.1, 0.15) is 0 Å². The number of benzene rings is 1. The highest BCUT2D eigenvalue weighted by atomic mass is 35.5. The fraction of sp³-hybridized carbons (Fsp3) is 0.417. The third-order valence-electron chi connectivity index (χ3n) is 2.49. The first-order chi connectivity index (χ1) is 8.34.